The molecule has 0 heterocycles. The molecule has 0 aliphatic carbocycles. The molecule has 15 heavy (non-hydrogen) atoms. The fraction of sp³-hybridized carbons (Fsp3) is 0.300. The van der Waals surface area contributed by atoms with E-state index in [9.17, 15) is 4.39 Å². The predicted molar refractivity (Wildman–Crippen MR) is 61.8 cm³/mol. The number of guanidine groups is 1. The molecule has 82 valence electrons. The lowest BCUT2D eigenvalue weighted by molar-refractivity contribution is 0.632. The monoisotopic (exact) mass is 229 g/mol. The third kappa shape index (κ3) is 3.40. The Bertz CT molecular complexity index is 366. The lowest BCUT2D eigenvalue weighted by Crippen LogP contribution is -2.23. The summed E-state index contributed by atoms with van der Waals surface area (Å²) in [5.74, 6) is -0.327. The first-order chi connectivity index (χ1) is 7.15. The highest BCUT2D eigenvalue weighted by atomic mass is 35.5. The van der Waals surface area contributed by atoms with Crippen molar-refractivity contribution >= 4 is 23.2 Å². The number of nitrogens with one attached hydrogen (secondary N) is 1. The fourth-order valence-corrected chi connectivity index (χ4v) is 1.18. The number of anilines is 1. The van der Waals surface area contributed by atoms with Crippen LogP contribution in [0.1, 0.15) is 13.3 Å². The van der Waals surface area contributed by atoms with Gasteiger partial charge in [0.1, 0.15) is 0 Å². The SMILES string of the molecule is CCCN=C(N)Nc1cccc(Cl)c1F. The van der Waals surface area contributed by atoms with Gasteiger partial charge in [-0.05, 0) is 18.6 Å². The first-order valence-electron chi connectivity index (χ1n) is 4.66. The predicted octanol–water partition coefficient (Wildman–Crippen LogP) is 2.62. The number of rotatable bonds is 3. The molecule has 1 aromatic rings. The van der Waals surface area contributed by atoms with E-state index in [1.54, 1.807) is 12.1 Å². The summed E-state index contributed by atoms with van der Waals surface area (Å²) in [7, 11) is 0. The average molecular weight is 230 g/mol. The second-order valence-electron chi connectivity index (χ2n) is 2.99. The summed E-state index contributed by atoms with van der Waals surface area (Å²) in [6.45, 7) is 2.60. The maximum Gasteiger partial charge on any atom is 0.193 e. The number of hydrogen-bond donors (Lipinski definition) is 2. The van der Waals surface area contributed by atoms with E-state index in [-0.39, 0.29) is 16.7 Å². The van der Waals surface area contributed by atoms with E-state index in [0.717, 1.165) is 6.42 Å². The number of benzene rings is 1. The van der Waals surface area contributed by atoms with Gasteiger partial charge in [-0.3, -0.25) is 4.99 Å². The molecule has 0 fully saturated rings. The van der Waals surface area contributed by atoms with Crippen LogP contribution >= 0.6 is 11.6 Å². The van der Waals surface area contributed by atoms with Crippen molar-refractivity contribution in [2.45, 2.75) is 13.3 Å². The first-order valence-corrected chi connectivity index (χ1v) is 5.04. The molecule has 3 N–H and O–H groups in total. The lowest BCUT2D eigenvalue weighted by atomic mass is 10.3. The average Bonchev–Trinajstić information content (AvgIpc) is 2.22. The fourth-order valence-electron chi connectivity index (χ4n) is 1.01. The Hall–Kier alpha value is -1.29. The van der Waals surface area contributed by atoms with Gasteiger partial charge in [0.05, 0.1) is 10.7 Å². The van der Waals surface area contributed by atoms with Gasteiger partial charge in [-0.1, -0.05) is 24.6 Å². The van der Waals surface area contributed by atoms with Crippen molar-refractivity contribution in [1.82, 2.24) is 0 Å². The highest BCUT2D eigenvalue weighted by Crippen LogP contribution is 2.21. The molecule has 1 rings (SSSR count). The molecule has 5 heteroatoms. The van der Waals surface area contributed by atoms with E-state index in [0.29, 0.717) is 6.54 Å². The maximum atomic E-state index is 13.4. The van der Waals surface area contributed by atoms with Crippen molar-refractivity contribution < 1.29 is 4.39 Å². The zero-order valence-corrected chi connectivity index (χ0v) is 9.18. The van der Waals surface area contributed by atoms with E-state index >= 15 is 0 Å². The standard InChI is InChI=1S/C10H13ClFN3/c1-2-6-14-10(13)15-8-5-3-4-7(11)9(8)12/h3-5H,2,6H2,1H3,(H3,13,14,15). The number of hydrogen-bond acceptors (Lipinski definition) is 1. The van der Waals surface area contributed by atoms with Gasteiger partial charge in [0.2, 0.25) is 0 Å². The van der Waals surface area contributed by atoms with Gasteiger partial charge in [-0.2, -0.15) is 0 Å². The van der Waals surface area contributed by atoms with Crippen molar-refractivity contribution in [1.29, 1.82) is 0 Å². The molecular weight excluding hydrogens is 217 g/mol. The Morgan fingerprint density at radius 3 is 3.00 bits per heavy atom. The maximum absolute atomic E-state index is 13.4. The summed E-state index contributed by atoms with van der Waals surface area (Å²) >= 11 is 5.61. The van der Waals surface area contributed by atoms with Gasteiger partial charge in [0, 0.05) is 6.54 Å². The number of halogens is 2. The molecular formula is C10H13ClFN3. The van der Waals surface area contributed by atoms with Crippen LogP contribution in [0.2, 0.25) is 5.02 Å². The van der Waals surface area contributed by atoms with Crippen LogP contribution in [0, 0.1) is 5.82 Å². The number of aliphatic imine (C=N–C) groups is 1. The summed E-state index contributed by atoms with van der Waals surface area (Å²) in [6, 6.07) is 4.66. The van der Waals surface area contributed by atoms with Crippen LogP contribution in [-0.4, -0.2) is 12.5 Å². The summed E-state index contributed by atoms with van der Waals surface area (Å²) in [4.78, 5) is 3.98. The van der Waals surface area contributed by atoms with Crippen LogP contribution < -0.4 is 11.1 Å². The lowest BCUT2D eigenvalue weighted by Gasteiger charge is -2.07. The molecule has 0 unspecified atom stereocenters. The minimum Gasteiger partial charge on any atom is -0.370 e. The van der Waals surface area contributed by atoms with Crippen molar-refractivity contribution in [3.63, 3.8) is 0 Å². The van der Waals surface area contributed by atoms with Gasteiger partial charge >= 0.3 is 0 Å². The Kier molecular flexibility index (Phi) is 4.37. The minimum absolute atomic E-state index is 0.0586. The van der Waals surface area contributed by atoms with E-state index in [1.807, 2.05) is 6.92 Å². The Labute approximate surface area is 93.1 Å². The van der Waals surface area contributed by atoms with Crippen LogP contribution in [0.15, 0.2) is 23.2 Å². The molecule has 3 nitrogen and oxygen atoms in total. The molecule has 0 saturated carbocycles. The van der Waals surface area contributed by atoms with Crippen molar-refractivity contribution in [3.05, 3.63) is 29.0 Å². The van der Waals surface area contributed by atoms with Crippen LogP contribution in [-0.2, 0) is 0 Å². The van der Waals surface area contributed by atoms with Crippen LogP contribution in [0.3, 0.4) is 0 Å². The van der Waals surface area contributed by atoms with Crippen molar-refractivity contribution in [3.8, 4) is 0 Å². The molecule has 0 aliphatic heterocycles. The van der Waals surface area contributed by atoms with Gasteiger partial charge in [-0.15, -0.1) is 0 Å². The largest absolute Gasteiger partial charge is 0.370 e. The Balaban J connectivity index is 2.76. The van der Waals surface area contributed by atoms with Crippen LogP contribution in [0.25, 0.3) is 0 Å². The second kappa shape index (κ2) is 5.56. The van der Waals surface area contributed by atoms with E-state index in [2.05, 4.69) is 10.3 Å². The summed E-state index contributed by atoms with van der Waals surface area (Å²) < 4.78 is 13.4. The zero-order valence-electron chi connectivity index (χ0n) is 8.43. The molecule has 0 radical (unpaired) electrons. The first kappa shape index (κ1) is 11.8. The molecule has 0 spiro atoms. The normalized spacial score (nSPS) is 11.5. The molecule has 0 amide bonds. The molecule has 0 aromatic heterocycles. The smallest absolute Gasteiger partial charge is 0.193 e. The topological polar surface area (TPSA) is 50.4 Å². The molecule has 0 saturated heterocycles. The van der Waals surface area contributed by atoms with Crippen LogP contribution in [0.4, 0.5) is 10.1 Å². The van der Waals surface area contributed by atoms with Crippen LogP contribution in [0.5, 0.6) is 0 Å². The molecule has 0 aliphatic rings. The molecule has 0 bridgehead atoms. The zero-order chi connectivity index (χ0) is 11.3. The van der Waals surface area contributed by atoms with Gasteiger partial charge in [0.25, 0.3) is 0 Å². The highest BCUT2D eigenvalue weighted by Gasteiger charge is 2.06. The second-order valence-corrected chi connectivity index (χ2v) is 3.40. The third-order valence-corrected chi connectivity index (χ3v) is 2.01. The van der Waals surface area contributed by atoms with Crippen molar-refractivity contribution in [2.75, 3.05) is 11.9 Å². The van der Waals surface area contributed by atoms with E-state index in [4.69, 9.17) is 17.3 Å². The summed E-state index contributed by atoms with van der Waals surface area (Å²) in [6.07, 6.45) is 0.889. The Morgan fingerprint density at radius 2 is 2.33 bits per heavy atom. The van der Waals surface area contributed by atoms with Gasteiger partial charge in [-0.25, -0.2) is 4.39 Å². The number of nitrogens with zero attached hydrogens (tertiary/aromatic N) is 1. The van der Waals surface area contributed by atoms with Crippen molar-refractivity contribution in [2.24, 2.45) is 10.7 Å². The van der Waals surface area contributed by atoms with Gasteiger partial charge in [0.15, 0.2) is 11.8 Å². The van der Waals surface area contributed by atoms with Gasteiger partial charge < -0.3 is 11.1 Å². The Morgan fingerprint density at radius 1 is 1.60 bits per heavy atom. The third-order valence-electron chi connectivity index (χ3n) is 1.72. The minimum atomic E-state index is -0.520. The quantitative estimate of drug-likeness (QED) is 0.618. The summed E-state index contributed by atoms with van der Waals surface area (Å²) in [5, 5.41) is 2.71. The molecule has 0 atom stereocenters. The number of nitrogens with two attached hydrogens (primary N) is 1. The van der Waals surface area contributed by atoms with E-state index < -0.39 is 5.82 Å². The highest BCUT2D eigenvalue weighted by molar-refractivity contribution is 6.31. The molecule has 1 aromatic carbocycles. The summed E-state index contributed by atoms with van der Waals surface area (Å²) in [5.41, 5.74) is 5.78. The van der Waals surface area contributed by atoms with E-state index in [1.165, 1.54) is 6.07 Å².